The number of hydrogen-bond donors (Lipinski definition) is 2. The number of aryl methyl sites for hydroxylation is 1. The lowest BCUT2D eigenvalue weighted by molar-refractivity contribution is 0.331. The molecule has 0 radical (unpaired) electrons. The van der Waals surface area contributed by atoms with Crippen molar-refractivity contribution >= 4 is 17.3 Å². The molecule has 0 aliphatic rings. The van der Waals surface area contributed by atoms with Gasteiger partial charge in [-0.3, -0.25) is 0 Å². The number of methoxy groups -OCH3 is 2. The van der Waals surface area contributed by atoms with Crippen LogP contribution in [0.5, 0.6) is 17.2 Å². The van der Waals surface area contributed by atoms with Crippen molar-refractivity contribution in [1.82, 2.24) is 9.97 Å². The average molecular weight is 380 g/mol. The summed E-state index contributed by atoms with van der Waals surface area (Å²) < 4.78 is 16.1. The lowest BCUT2D eigenvalue weighted by Gasteiger charge is -2.11. The minimum absolute atomic E-state index is 0.508. The largest absolute Gasteiger partial charge is 0.497 e. The molecule has 3 rings (SSSR count). The Morgan fingerprint density at radius 2 is 1.54 bits per heavy atom. The van der Waals surface area contributed by atoms with Crippen LogP contribution in [0, 0.1) is 6.92 Å². The van der Waals surface area contributed by atoms with E-state index in [2.05, 4.69) is 20.6 Å². The first-order valence-corrected chi connectivity index (χ1v) is 8.94. The monoisotopic (exact) mass is 380 g/mol. The summed E-state index contributed by atoms with van der Waals surface area (Å²) >= 11 is 0. The van der Waals surface area contributed by atoms with Gasteiger partial charge in [0.2, 0.25) is 0 Å². The Hall–Kier alpha value is -3.48. The fourth-order valence-corrected chi connectivity index (χ4v) is 2.59. The van der Waals surface area contributed by atoms with E-state index >= 15 is 0 Å². The van der Waals surface area contributed by atoms with Gasteiger partial charge in [-0.15, -0.1) is 0 Å². The van der Waals surface area contributed by atoms with Crippen LogP contribution < -0.4 is 24.8 Å². The zero-order valence-corrected chi connectivity index (χ0v) is 16.2. The van der Waals surface area contributed by atoms with E-state index in [-0.39, 0.29) is 0 Å². The minimum Gasteiger partial charge on any atom is -0.497 e. The summed E-state index contributed by atoms with van der Waals surface area (Å²) in [5.74, 6) is 4.49. The number of nitrogens with zero attached hydrogens (tertiary/aromatic N) is 2. The van der Waals surface area contributed by atoms with Crippen molar-refractivity contribution in [2.75, 3.05) is 38.0 Å². The molecule has 0 aliphatic carbocycles. The zero-order valence-electron chi connectivity index (χ0n) is 16.2. The second-order valence-electron chi connectivity index (χ2n) is 5.99. The second kappa shape index (κ2) is 9.45. The maximum absolute atomic E-state index is 5.72. The molecule has 0 unspecified atom stereocenters. The molecule has 2 N–H and O–H groups in total. The number of rotatable bonds is 9. The van der Waals surface area contributed by atoms with Gasteiger partial charge in [-0.05, 0) is 43.3 Å². The first-order valence-electron chi connectivity index (χ1n) is 8.94. The molecule has 0 bridgehead atoms. The number of hydrogen-bond acceptors (Lipinski definition) is 7. The molecule has 0 amide bonds. The van der Waals surface area contributed by atoms with Gasteiger partial charge in [0.15, 0.2) is 0 Å². The van der Waals surface area contributed by atoms with Gasteiger partial charge in [-0.2, -0.15) is 0 Å². The molecule has 0 fully saturated rings. The Balaban J connectivity index is 1.55. The Bertz CT molecular complexity index is 900. The normalized spacial score (nSPS) is 10.2. The second-order valence-corrected chi connectivity index (χ2v) is 5.99. The molecule has 28 heavy (non-hydrogen) atoms. The summed E-state index contributed by atoms with van der Waals surface area (Å²) in [4.78, 5) is 8.85. The van der Waals surface area contributed by atoms with Crippen LogP contribution in [-0.4, -0.2) is 37.3 Å². The topological polar surface area (TPSA) is 77.5 Å². The fraction of sp³-hybridized carbons (Fsp3) is 0.238. The Kier molecular flexibility index (Phi) is 6.51. The standard InChI is InChI=1S/C21H24N4O3/c1-15-23-20(22-11-12-28-18-9-7-17(26-2)8-10-18)14-21(24-15)25-16-5-4-6-19(13-16)27-3/h4-10,13-14H,11-12H2,1-3H3,(H2,22,23,24,25). The summed E-state index contributed by atoms with van der Waals surface area (Å²) in [7, 11) is 3.28. The van der Waals surface area contributed by atoms with E-state index in [4.69, 9.17) is 14.2 Å². The highest BCUT2D eigenvalue weighted by molar-refractivity contribution is 5.60. The molecule has 1 aromatic heterocycles. The molecule has 0 saturated heterocycles. The molecular formula is C21H24N4O3. The van der Waals surface area contributed by atoms with E-state index in [1.807, 2.05) is 61.5 Å². The quantitative estimate of drug-likeness (QED) is 0.543. The third-order valence-electron chi connectivity index (χ3n) is 3.92. The molecule has 0 atom stereocenters. The maximum Gasteiger partial charge on any atom is 0.136 e. The summed E-state index contributed by atoms with van der Waals surface area (Å²) in [6, 6.07) is 17.0. The van der Waals surface area contributed by atoms with Crippen LogP contribution in [0.15, 0.2) is 54.6 Å². The van der Waals surface area contributed by atoms with Crippen LogP contribution in [0.4, 0.5) is 17.3 Å². The molecule has 1 heterocycles. The smallest absolute Gasteiger partial charge is 0.136 e. The van der Waals surface area contributed by atoms with Gasteiger partial charge in [0.25, 0.3) is 0 Å². The summed E-state index contributed by atoms with van der Waals surface area (Å²) in [5.41, 5.74) is 0.895. The first-order chi connectivity index (χ1) is 13.7. The zero-order chi connectivity index (χ0) is 19.8. The van der Waals surface area contributed by atoms with Gasteiger partial charge in [-0.25, -0.2) is 9.97 Å². The van der Waals surface area contributed by atoms with Gasteiger partial charge in [0.1, 0.15) is 41.3 Å². The first kappa shape index (κ1) is 19.3. The van der Waals surface area contributed by atoms with Crippen molar-refractivity contribution < 1.29 is 14.2 Å². The SMILES string of the molecule is COc1ccc(OCCNc2cc(Nc3cccc(OC)c3)nc(C)n2)cc1. The number of ether oxygens (including phenoxy) is 3. The molecule has 146 valence electrons. The lowest BCUT2D eigenvalue weighted by Crippen LogP contribution is -2.13. The van der Waals surface area contributed by atoms with E-state index < -0.39 is 0 Å². The van der Waals surface area contributed by atoms with Crippen molar-refractivity contribution in [2.24, 2.45) is 0 Å². The van der Waals surface area contributed by atoms with Crippen molar-refractivity contribution in [2.45, 2.75) is 6.92 Å². The van der Waals surface area contributed by atoms with E-state index in [0.717, 1.165) is 28.8 Å². The Labute approximate surface area is 164 Å². The van der Waals surface area contributed by atoms with Crippen LogP contribution >= 0.6 is 0 Å². The van der Waals surface area contributed by atoms with Crippen LogP contribution in [-0.2, 0) is 0 Å². The maximum atomic E-state index is 5.72. The van der Waals surface area contributed by atoms with Crippen molar-refractivity contribution in [3.63, 3.8) is 0 Å². The predicted octanol–water partition coefficient (Wildman–Crippen LogP) is 4.04. The van der Waals surface area contributed by atoms with Gasteiger partial charge in [0.05, 0.1) is 20.8 Å². The van der Waals surface area contributed by atoms with E-state index in [1.54, 1.807) is 14.2 Å². The van der Waals surface area contributed by atoms with Crippen LogP contribution in [0.2, 0.25) is 0 Å². The van der Waals surface area contributed by atoms with E-state index in [0.29, 0.717) is 24.8 Å². The molecule has 7 nitrogen and oxygen atoms in total. The van der Waals surface area contributed by atoms with Crippen LogP contribution in [0.25, 0.3) is 0 Å². The number of anilines is 3. The molecule has 0 aliphatic heterocycles. The molecule has 2 aromatic carbocycles. The van der Waals surface area contributed by atoms with Gasteiger partial charge in [-0.1, -0.05) is 6.07 Å². The van der Waals surface area contributed by atoms with E-state index in [1.165, 1.54) is 0 Å². The Morgan fingerprint density at radius 1 is 0.821 bits per heavy atom. The fourth-order valence-electron chi connectivity index (χ4n) is 2.59. The van der Waals surface area contributed by atoms with Crippen molar-refractivity contribution in [3.8, 4) is 17.2 Å². The molecular weight excluding hydrogens is 356 g/mol. The van der Waals surface area contributed by atoms with Crippen LogP contribution in [0.1, 0.15) is 5.82 Å². The van der Waals surface area contributed by atoms with Crippen LogP contribution in [0.3, 0.4) is 0 Å². The lowest BCUT2D eigenvalue weighted by atomic mass is 10.3. The minimum atomic E-state index is 0.508. The Morgan fingerprint density at radius 3 is 2.29 bits per heavy atom. The van der Waals surface area contributed by atoms with Gasteiger partial charge in [0, 0.05) is 17.8 Å². The van der Waals surface area contributed by atoms with E-state index in [9.17, 15) is 0 Å². The highest BCUT2D eigenvalue weighted by atomic mass is 16.5. The third kappa shape index (κ3) is 5.51. The molecule has 0 spiro atoms. The molecule has 0 saturated carbocycles. The highest BCUT2D eigenvalue weighted by Gasteiger charge is 2.04. The van der Waals surface area contributed by atoms with Crippen molar-refractivity contribution in [3.05, 3.63) is 60.4 Å². The predicted molar refractivity (Wildman–Crippen MR) is 110 cm³/mol. The third-order valence-corrected chi connectivity index (χ3v) is 3.92. The van der Waals surface area contributed by atoms with Gasteiger partial charge < -0.3 is 24.8 Å². The number of benzene rings is 2. The van der Waals surface area contributed by atoms with Gasteiger partial charge >= 0.3 is 0 Å². The summed E-state index contributed by atoms with van der Waals surface area (Å²) in [6.45, 7) is 2.98. The average Bonchev–Trinajstić information content (AvgIpc) is 2.71. The van der Waals surface area contributed by atoms with Crippen molar-refractivity contribution in [1.29, 1.82) is 0 Å². The number of aromatic nitrogens is 2. The number of nitrogens with one attached hydrogen (secondary N) is 2. The molecule has 3 aromatic rings. The summed E-state index contributed by atoms with van der Waals surface area (Å²) in [5, 5.41) is 6.53. The highest BCUT2D eigenvalue weighted by Crippen LogP contribution is 2.21. The molecule has 7 heteroatoms. The summed E-state index contributed by atoms with van der Waals surface area (Å²) in [6.07, 6.45) is 0.